The first-order valence-electron chi connectivity index (χ1n) is 14.1. The van der Waals surface area contributed by atoms with Gasteiger partial charge in [-0.1, -0.05) is 110 Å². The lowest BCUT2D eigenvalue weighted by Gasteiger charge is -2.33. The maximum atomic E-state index is 13.9. The Kier molecular flexibility index (Phi) is 9.50. The Morgan fingerprint density at radius 3 is 2.20 bits per heavy atom. The Morgan fingerprint density at radius 1 is 0.825 bits per heavy atom. The van der Waals surface area contributed by atoms with Crippen LogP contribution in [0.15, 0.2) is 102 Å². The molecule has 206 valence electrons. The van der Waals surface area contributed by atoms with Gasteiger partial charge in [-0.2, -0.15) is 0 Å². The van der Waals surface area contributed by atoms with E-state index in [4.69, 9.17) is 4.74 Å². The Labute approximate surface area is 244 Å². The monoisotopic (exact) mass is 598 g/mol. The molecule has 1 fully saturated rings. The number of ether oxygens (including phenoxy) is 1. The lowest BCUT2D eigenvalue weighted by atomic mass is 9.94. The zero-order chi connectivity index (χ0) is 27.7. The number of hydrogen-bond acceptors (Lipinski definition) is 3. The lowest BCUT2D eigenvalue weighted by molar-refractivity contribution is -0.143. The van der Waals surface area contributed by atoms with Gasteiger partial charge in [0.1, 0.15) is 11.8 Å². The van der Waals surface area contributed by atoms with E-state index in [0.717, 1.165) is 52.1 Å². The summed E-state index contributed by atoms with van der Waals surface area (Å²) in [6.45, 7) is 0.142. The number of fused-ring (bicyclic) bond motifs is 1. The normalized spacial score (nSPS) is 14.4. The number of halogens is 1. The number of carbonyl (C=O) groups is 2. The van der Waals surface area contributed by atoms with Gasteiger partial charge in [0.05, 0.1) is 4.47 Å². The SMILES string of the molecule is O=C(NC1CCCCC1)C(Cc1ccccc1)N(Cc1ccccc1)C(=O)COc1ccc2ccccc2c1Br. The van der Waals surface area contributed by atoms with Crippen molar-refractivity contribution in [3.63, 3.8) is 0 Å². The molecule has 5 nitrogen and oxygen atoms in total. The summed E-state index contributed by atoms with van der Waals surface area (Å²) in [5.41, 5.74) is 1.97. The van der Waals surface area contributed by atoms with Crippen LogP contribution in [0.1, 0.15) is 43.2 Å². The summed E-state index contributed by atoms with van der Waals surface area (Å²) in [5, 5.41) is 5.38. The van der Waals surface area contributed by atoms with Crippen LogP contribution in [-0.4, -0.2) is 35.4 Å². The fourth-order valence-corrected chi connectivity index (χ4v) is 6.03. The van der Waals surface area contributed by atoms with Gasteiger partial charge in [-0.15, -0.1) is 0 Å². The van der Waals surface area contributed by atoms with E-state index < -0.39 is 6.04 Å². The van der Waals surface area contributed by atoms with Gasteiger partial charge in [-0.25, -0.2) is 0 Å². The molecule has 1 aliphatic rings. The fraction of sp³-hybridized carbons (Fsp3) is 0.294. The second-order valence-corrected chi connectivity index (χ2v) is 11.2. The molecule has 0 aromatic heterocycles. The first-order chi connectivity index (χ1) is 19.6. The highest BCUT2D eigenvalue weighted by atomic mass is 79.9. The van der Waals surface area contributed by atoms with E-state index in [1.807, 2.05) is 97.1 Å². The number of rotatable bonds is 10. The van der Waals surface area contributed by atoms with Crippen LogP contribution in [0.2, 0.25) is 0 Å². The van der Waals surface area contributed by atoms with Crippen molar-refractivity contribution in [1.29, 1.82) is 0 Å². The second kappa shape index (κ2) is 13.6. The number of nitrogens with zero attached hydrogens (tertiary/aromatic N) is 1. The van der Waals surface area contributed by atoms with Crippen molar-refractivity contribution in [2.45, 2.75) is 57.2 Å². The van der Waals surface area contributed by atoms with Crippen LogP contribution in [0.5, 0.6) is 5.75 Å². The number of amides is 2. The molecule has 0 saturated heterocycles. The molecule has 0 heterocycles. The smallest absolute Gasteiger partial charge is 0.261 e. The third kappa shape index (κ3) is 7.11. The maximum Gasteiger partial charge on any atom is 0.261 e. The van der Waals surface area contributed by atoms with E-state index >= 15 is 0 Å². The molecule has 4 aromatic carbocycles. The maximum absolute atomic E-state index is 13.9. The Bertz CT molecular complexity index is 1420. The van der Waals surface area contributed by atoms with E-state index in [1.54, 1.807) is 4.90 Å². The number of nitrogens with one attached hydrogen (secondary N) is 1. The molecule has 4 aromatic rings. The van der Waals surface area contributed by atoms with Gasteiger partial charge >= 0.3 is 0 Å². The predicted molar refractivity (Wildman–Crippen MR) is 163 cm³/mol. The molecule has 1 saturated carbocycles. The highest BCUT2D eigenvalue weighted by molar-refractivity contribution is 9.10. The summed E-state index contributed by atoms with van der Waals surface area (Å²) in [6.07, 6.45) is 5.84. The van der Waals surface area contributed by atoms with Gasteiger partial charge in [0.25, 0.3) is 5.91 Å². The van der Waals surface area contributed by atoms with Crippen LogP contribution in [0, 0.1) is 0 Å². The number of hydrogen-bond donors (Lipinski definition) is 1. The van der Waals surface area contributed by atoms with Crippen molar-refractivity contribution in [2.75, 3.05) is 6.61 Å². The topological polar surface area (TPSA) is 58.6 Å². The second-order valence-electron chi connectivity index (χ2n) is 10.4. The minimum atomic E-state index is -0.666. The highest BCUT2D eigenvalue weighted by Crippen LogP contribution is 2.33. The van der Waals surface area contributed by atoms with Gasteiger partial charge in [-0.05, 0) is 56.7 Å². The minimum absolute atomic E-state index is 0.105. The molecule has 40 heavy (non-hydrogen) atoms. The van der Waals surface area contributed by atoms with E-state index in [-0.39, 0.29) is 24.5 Å². The molecule has 2 amide bonds. The summed E-state index contributed by atoms with van der Waals surface area (Å²) in [4.78, 5) is 29.5. The Hall–Kier alpha value is -3.64. The molecular weight excluding hydrogens is 564 g/mol. The third-order valence-electron chi connectivity index (χ3n) is 7.60. The first kappa shape index (κ1) is 27.9. The zero-order valence-corrected chi connectivity index (χ0v) is 24.2. The van der Waals surface area contributed by atoms with Crippen LogP contribution >= 0.6 is 15.9 Å². The number of benzene rings is 4. The lowest BCUT2D eigenvalue weighted by Crippen LogP contribution is -2.53. The molecule has 1 unspecified atom stereocenters. The van der Waals surface area contributed by atoms with E-state index in [0.29, 0.717) is 18.7 Å². The molecule has 1 N–H and O–H groups in total. The molecule has 0 radical (unpaired) electrons. The van der Waals surface area contributed by atoms with Gasteiger partial charge < -0.3 is 15.0 Å². The van der Waals surface area contributed by atoms with Crippen molar-refractivity contribution in [2.24, 2.45) is 0 Å². The highest BCUT2D eigenvalue weighted by Gasteiger charge is 2.32. The van der Waals surface area contributed by atoms with Gasteiger partial charge in [0.2, 0.25) is 5.91 Å². The molecule has 0 spiro atoms. The summed E-state index contributed by atoms with van der Waals surface area (Å²) < 4.78 is 6.89. The van der Waals surface area contributed by atoms with Crippen molar-refractivity contribution in [3.05, 3.63) is 113 Å². The molecule has 1 atom stereocenters. The summed E-state index contributed by atoms with van der Waals surface area (Å²) >= 11 is 3.66. The van der Waals surface area contributed by atoms with Crippen LogP contribution in [0.25, 0.3) is 10.8 Å². The zero-order valence-electron chi connectivity index (χ0n) is 22.6. The standard InChI is InChI=1S/C34H35BrN2O3/c35-33-29-19-11-10-16-27(29)20-21-31(33)40-24-32(38)37(23-26-14-6-2-7-15-26)30(22-25-12-4-1-5-13-25)34(39)36-28-17-8-3-9-18-28/h1-2,4-7,10-16,19-21,28,30H,3,8-9,17-18,22-24H2,(H,36,39). The molecule has 0 aliphatic heterocycles. The van der Waals surface area contributed by atoms with Gasteiger partial charge in [-0.3, -0.25) is 9.59 Å². The molecular formula is C34H35BrN2O3. The van der Waals surface area contributed by atoms with Crippen molar-refractivity contribution < 1.29 is 14.3 Å². The summed E-state index contributed by atoms with van der Waals surface area (Å²) in [7, 11) is 0. The van der Waals surface area contributed by atoms with Crippen molar-refractivity contribution in [1.82, 2.24) is 10.2 Å². The van der Waals surface area contributed by atoms with Crippen LogP contribution in [0.4, 0.5) is 0 Å². The van der Waals surface area contributed by atoms with Crippen LogP contribution in [0.3, 0.4) is 0 Å². The summed E-state index contributed by atoms with van der Waals surface area (Å²) in [6, 6.07) is 31.1. The minimum Gasteiger partial charge on any atom is -0.483 e. The average molecular weight is 600 g/mol. The fourth-order valence-electron chi connectivity index (χ4n) is 5.43. The molecule has 5 rings (SSSR count). The Balaban J connectivity index is 1.41. The van der Waals surface area contributed by atoms with Crippen molar-refractivity contribution >= 4 is 38.5 Å². The molecule has 6 heteroatoms. The number of carbonyl (C=O) groups excluding carboxylic acids is 2. The van der Waals surface area contributed by atoms with Crippen molar-refractivity contribution in [3.8, 4) is 5.75 Å². The summed E-state index contributed by atoms with van der Waals surface area (Å²) in [5.74, 6) is 0.258. The van der Waals surface area contributed by atoms with Crippen LogP contribution < -0.4 is 10.1 Å². The van der Waals surface area contributed by atoms with E-state index in [2.05, 4.69) is 21.2 Å². The van der Waals surface area contributed by atoms with E-state index in [9.17, 15) is 9.59 Å². The molecule has 1 aliphatic carbocycles. The van der Waals surface area contributed by atoms with E-state index in [1.165, 1.54) is 6.42 Å². The molecule has 0 bridgehead atoms. The van der Waals surface area contributed by atoms with Gasteiger partial charge in [0.15, 0.2) is 6.61 Å². The van der Waals surface area contributed by atoms with Crippen LogP contribution in [-0.2, 0) is 22.6 Å². The Morgan fingerprint density at radius 2 is 1.48 bits per heavy atom. The predicted octanol–water partition coefficient (Wildman–Crippen LogP) is 7.07. The first-order valence-corrected chi connectivity index (χ1v) is 14.9. The third-order valence-corrected chi connectivity index (χ3v) is 8.42. The largest absolute Gasteiger partial charge is 0.483 e. The average Bonchev–Trinajstić information content (AvgIpc) is 3.00. The quantitative estimate of drug-likeness (QED) is 0.212. The van der Waals surface area contributed by atoms with Gasteiger partial charge in [0, 0.05) is 19.0 Å².